The average molecular weight is 280 g/mol. The summed E-state index contributed by atoms with van der Waals surface area (Å²) in [6.07, 6.45) is 3.46. The number of ether oxygens (including phenoxy) is 1. The molecule has 4 heteroatoms. The summed E-state index contributed by atoms with van der Waals surface area (Å²) in [4.78, 5) is 14.3. The first kappa shape index (κ1) is 13.9. The van der Waals surface area contributed by atoms with Gasteiger partial charge >= 0.3 is 0 Å². The first-order chi connectivity index (χ1) is 9.02. The van der Waals surface area contributed by atoms with Gasteiger partial charge in [0, 0.05) is 23.5 Å². The van der Waals surface area contributed by atoms with Gasteiger partial charge in [0.25, 0.3) is 0 Å². The predicted octanol–water partition coefficient (Wildman–Crippen LogP) is 4.30. The number of H-pyrrole nitrogens is 1. The summed E-state index contributed by atoms with van der Waals surface area (Å²) in [6, 6.07) is 3.82. The molecule has 0 aliphatic carbocycles. The van der Waals surface area contributed by atoms with Gasteiger partial charge in [-0.15, -0.1) is 0 Å². The smallest absolute Gasteiger partial charge is 0.138 e. The molecular weight excluding hydrogens is 262 g/mol. The van der Waals surface area contributed by atoms with Crippen molar-refractivity contribution in [3.8, 4) is 5.75 Å². The summed E-state index contributed by atoms with van der Waals surface area (Å²) in [7, 11) is 1.61. The van der Waals surface area contributed by atoms with Crippen molar-refractivity contribution in [3.63, 3.8) is 0 Å². The van der Waals surface area contributed by atoms with E-state index in [-0.39, 0.29) is 5.78 Å². The van der Waals surface area contributed by atoms with Crippen LogP contribution < -0.4 is 4.74 Å². The number of aromatic amines is 1. The number of carbonyl (C=O) groups is 1. The molecule has 19 heavy (non-hydrogen) atoms. The molecule has 2 aromatic rings. The quantitative estimate of drug-likeness (QED) is 0.886. The molecule has 2 rings (SSSR count). The highest BCUT2D eigenvalue weighted by molar-refractivity contribution is 6.32. The summed E-state index contributed by atoms with van der Waals surface area (Å²) in [5.41, 5.74) is 2.20. The zero-order valence-electron chi connectivity index (χ0n) is 11.4. The Morgan fingerprint density at radius 2 is 2.21 bits per heavy atom. The van der Waals surface area contributed by atoms with Gasteiger partial charge in [0.1, 0.15) is 11.5 Å². The van der Waals surface area contributed by atoms with Crippen LogP contribution in [0.4, 0.5) is 0 Å². The lowest BCUT2D eigenvalue weighted by atomic mass is 9.95. The highest BCUT2D eigenvalue weighted by Gasteiger charge is 2.14. The maximum Gasteiger partial charge on any atom is 0.138 e. The summed E-state index contributed by atoms with van der Waals surface area (Å²) in [5.74, 6) is 1.23. The number of benzene rings is 1. The monoisotopic (exact) mass is 279 g/mol. The van der Waals surface area contributed by atoms with E-state index in [1.165, 1.54) is 5.56 Å². The standard InChI is InChI=1S/C15H18ClNO2/c1-9(4-5-10(2)18)12-8-17-14-7-13(16)15(19-3)6-11(12)14/h6-9,17H,4-5H2,1-3H3. The van der Waals surface area contributed by atoms with E-state index in [9.17, 15) is 4.79 Å². The van der Waals surface area contributed by atoms with E-state index in [0.29, 0.717) is 23.1 Å². The van der Waals surface area contributed by atoms with E-state index < -0.39 is 0 Å². The molecule has 1 N–H and O–H groups in total. The minimum absolute atomic E-state index is 0.229. The average Bonchev–Trinajstić information content (AvgIpc) is 2.77. The number of fused-ring (bicyclic) bond motifs is 1. The van der Waals surface area contributed by atoms with Gasteiger partial charge in [0.2, 0.25) is 0 Å². The lowest BCUT2D eigenvalue weighted by Crippen LogP contribution is -1.97. The SMILES string of the molecule is COc1cc2c(C(C)CCC(C)=O)c[nH]c2cc1Cl. The van der Waals surface area contributed by atoms with Crippen LogP contribution >= 0.6 is 11.6 Å². The van der Waals surface area contributed by atoms with Crippen LogP contribution in [0.1, 0.15) is 38.2 Å². The molecule has 1 aromatic heterocycles. The first-order valence-corrected chi connectivity index (χ1v) is 6.74. The molecule has 0 aliphatic heterocycles. The van der Waals surface area contributed by atoms with Gasteiger partial charge < -0.3 is 14.5 Å². The number of rotatable bonds is 5. The molecule has 1 heterocycles. The van der Waals surface area contributed by atoms with Crippen LogP contribution in [-0.2, 0) is 4.79 Å². The zero-order valence-corrected chi connectivity index (χ0v) is 12.2. The largest absolute Gasteiger partial charge is 0.495 e. The van der Waals surface area contributed by atoms with E-state index in [2.05, 4.69) is 11.9 Å². The van der Waals surface area contributed by atoms with Crippen LogP contribution in [0.3, 0.4) is 0 Å². The lowest BCUT2D eigenvalue weighted by molar-refractivity contribution is -0.117. The Balaban J connectivity index is 2.35. The van der Waals surface area contributed by atoms with Crippen molar-refractivity contribution >= 4 is 28.3 Å². The fourth-order valence-electron chi connectivity index (χ4n) is 2.28. The summed E-state index contributed by atoms with van der Waals surface area (Å²) < 4.78 is 5.26. The molecule has 0 aliphatic rings. The molecule has 0 radical (unpaired) electrons. The molecule has 1 aromatic carbocycles. The molecule has 1 unspecified atom stereocenters. The Morgan fingerprint density at radius 3 is 2.84 bits per heavy atom. The fourth-order valence-corrected chi connectivity index (χ4v) is 2.53. The number of hydrogen-bond donors (Lipinski definition) is 1. The number of hydrogen-bond acceptors (Lipinski definition) is 2. The Morgan fingerprint density at radius 1 is 1.47 bits per heavy atom. The van der Waals surface area contributed by atoms with Gasteiger partial charge in [-0.1, -0.05) is 18.5 Å². The molecule has 0 amide bonds. The van der Waals surface area contributed by atoms with Crippen molar-refractivity contribution in [3.05, 3.63) is 28.9 Å². The Kier molecular flexibility index (Phi) is 4.15. The maximum absolute atomic E-state index is 11.1. The number of carbonyl (C=O) groups excluding carboxylic acids is 1. The second kappa shape index (κ2) is 5.66. The Labute approximate surface area is 117 Å². The molecule has 0 spiro atoms. The summed E-state index contributed by atoms with van der Waals surface area (Å²) >= 11 is 6.11. The van der Waals surface area contributed by atoms with Gasteiger partial charge in [-0.2, -0.15) is 0 Å². The van der Waals surface area contributed by atoms with E-state index in [0.717, 1.165) is 17.3 Å². The number of aromatic nitrogens is 1. The van der Waals surface area contributed by atoms with Crippen LogP contribution in [0.5, 0.6) is 5.75 Å². The topological polar surface area (TPSA) is 42.1 Å². The van der Waals surface area contributed by atoms with Crippen molar-refractivity contribution in [1.82, 2.24) is 4.98 Å². The number of halogens is 1. The van der Waals surface area contributed by atoms with Crippen molar-refractivity contribution in [2.75, 3.05) is 7.11 Å². The lowest BCUT2D eigenvalue weighted by Gasteiger charge is -2.10. The highest BCUT2D eigenvalue weighted by Crippen LogP contribution is 2.35. The molecular formula is C15H18ClNO2. The number of ketones is 1. The molecule has 0 saturated heterocycles. The highest BCUT2D eigenvalue weighted by atomic mass is 35.5. The number of nitrogens with one attached hydrogen (secondary N) is 1. The minimum atomic E-state index is 0.229. The molecule has 102 valence electrons. The number of methoxy groups -OCH3 is 1. The predicted molar refractivity (Wildman–Crippen MR) is 78.2 cm³/mol. The normalized spacial score (nSPS) is 12.6. The van der Waals surface area contributed by atoms with Crippen LogP contribution in [0.15, 0.2) is 18.3 Å². The van der Waals surface area contributed by atoms with Crippen molar-refractivity contribution in [2.24, 2.45) is 0 Å². The van der Waals surface area contributed by atoms with Crippen LogP contribution in [-0.4, -0.2) is 17.9 Å². The van der Waals surface area contributed by atoms with E-state index >= 15 is 0 Å². The molecule has 3 nitrogen and oxygen atoms in total. The second-order valence-corrected chi connectivity index (χ2v) is 5.33. The molecule has 0 fully saturated rings. The molecule has 1 atom stereocenters. The van der Waals surface area contributed by atoms with E-state index in [4.69, 9.17) is 16.3 Å². The van der Waals surface area contributed by atoms with E-state index in [1.54, 1.807) is 14.0 Å². The van der Waals surface area contributed by atoms with Crippen molar-refractivity contribution in [1.29, 1.82) is 0 Å². The van der Waals surface area contributed by atoms with Crippen LogP contribution in [0, 0.1) is 0 Å². The third-order valence-corrected chi connectivity index (χ3v) is 3.74. The van der Waals surface area contributed by atoms with Crippen molar-refractivity contribution < 1.29 is 9.53 Å². The van der Waals surface area contributed by atoms with Gasteiger partial charge in [-0.05, 0) is 37.0 Å². The maximum atomic E-state index is 11.1. The van der Waals surface area contributed by atoms with Crippen molar-refractivity contribution in [2.45, 2.75) is 32.6 Å². The third kappa shape index (κ3) is 2.92. The van der Waals surface area contributed by atoms with Gasteiger partial charge in [-0.3, -0.25) is 0 Å². The number of Topliss-reactive ketones (excluding diaryl/α,β-unsaturated/α-hetero) is 1. The van der Waals surface area contributed by atoms with Gasteiger partial charge in [0.05, 0.1) is 12.1 Å². The molecule has 0 bridgehead atoms. The summed E-state index contributed by atoms with van der Waals surface area (Å²) in [5, 5.41) is 1.71. The zero-order chi connectivity index (χ0) is 14.0. The fraction of sp³-hybridized carbons (Fsp3) is 0.400. The Bertz CT molecular complexity index is 603. The summed E-state index contributed by atoms with van der Waals surface area (Å²) in [6.45, 7) is 3.76. The Hall–Kier alpha value is -1.48. The molecule has 0 saturated carbocycles. The van der Waals surface area contributed by atoms with Gasteiger partial charge in [-0.25, -0.2) is 0 Å². The van der Waals surface area contributed by atoms with Crippen LogP contribution in [0.2, 0.25) is 5.02 Å². The van der Waals surface area contributed by atoms with Gasteiger partial charge in [0.15, 0.2) is 0 Å². The second-order valence-electron chi connectivity index (χ2n) is 4.92. The van der Waals surface area contributed by atoms with Crippen LogP contribution in [0.25, 0.3) is 10.9 Å². The minimum Gasteiger partial charge on any atom is -0.495 e. The first-order valence-electron chi connectivity index (χ1n) is 6.37. The van der Waals surface area contributed by atoms with E-state index in [1.807, 2.05) is 18.3 Å². The third-order valence-electron chi connectivity index (χ3n) is 3.45.